The molecule has 0 atom stereocenters. The number of hydrogen-bond acceptors (Lipinski definition) is 2. The van der Waals surface area contributed by atoms with Crippen LogP contribution in [-0.4, -0.2) is 0 Å². The van der Waals surface area contributed by atoms with Crippen LogP contribution in [0.5, 0.6) is 0 Å². The minimum atomic E-state index is -0.260. The van der Waals surface area contributed by atoms with Gasteiger partial charge in [0.05, 0.1) is 0 Å². The molecule has 2 aromatic rings. The van der Waals surface area contributed by atoms with Gasteiger partial charge in [0.25, 0.3) is 0 Å². The molecule has 0 aliphatic rings. The van der Waals surface area contributed by atoms with Gasteiger partial charge in [-0.1, -0.05) is 32.9 Å². The third kappa shape index (κ3) is 1.87. The van der Waals surface area contributed by atoms with E-state index in [-0.39, 0.29) is 5.63 Å². The van der Waals surface area contributed by atoms with Gasteiger partial charge < -0.3 is 4.42 Å². The predicted molar refractivity (Wildman–Crippen MR) is 66.0 cm³/mol. The van der Waals surface area contributed by atoms with Gasteiger partial charge in [0.15, 0.2) is 0 Å². The summed E-state index contributed by atoms with van der Waals surface area (Å²) in [6.45, 7) is 6.26. The van der Waals surface area contributed by atoms with E-state index in [0.717, 1.165) is 17.4 Å². The van der Waals surface area contributed by atoms with Gasteiger partial charge in [0.1, 0.15) is 5.58 Å². The van der Waals surface area contributed by atoms with Crippen LogP contribution in [0.15, 0.2) is 33.5 Å². The van der Waals surface area contributed by atoms with Crippen molar-refractivity contribution in [1.82, 2.24) is 0 Å². The fourth-order valence-electron chi connectivity index (χ4n) is 1.93. The molecule has 2 heteroatoms. The van der Waals surface area contributed by atoms with E-state index in [9.17, 15) is 4.79 Å². The number of benzene rings is 1. The maximum absolute atomic E-state index is 11.4. The van der Waals surface area contributed by atoms with Gasteiger partial charge in [0, 0.05) is 11.5 Å². The Labute approximate surface area is 94.9 Å². The molecule has 2 nitrogen and oxygen atoms in total. The predicted octanol–water partition coefficient (Wildman–Crippen LogP) is 3.48. The van der Waals surface area contributed by atoms with Crippen molar-refractivity contribution in [2.75, 3.05) is 0 Å². The molecular formula is C14H16O2. The highest BCUT2D eigenvalue weighted by Crippen LogP contribution is 2.24. The molecule has 1 aromatic heterocycles. The highest BCUT2D eigenvalue weighted by molar-refractivity contribution is 5.81. The molecule has 0 radical (unpaired) electrons. The molecule has 2 rings (SSSR count). The lowest BCUT2D eigenvalue weighted by Gasteiger charge is -2.09. The monoisotopic (exact) mass is 216 g/mol. The molecule has 1 aromatic carbocycles. The van der Waals surface area contributed by atoms with Crippen molar-refractivity contribution < 1.29 is 4.42 Å². The quantitative estimate of drug-likeness (QED) is 0.719. The highest BCUT2D eigenvalue weighted by Gasteiger charge is 2.08. The first-order chi connectivity index (χ1) is 7.61. The second-order valence-corrected chi connectivity index (χ2v) is 4.36. The van der Waals surface area contributed by atoms with Gasteiger partial charge in [-0.05, 0) is 29.5 Å². The Balaban J connectivity index is 2.78. The summed E-state index contributed by atoms with van der Waals surface area (Å²) in [6, 6.07) is 7.70. The summed E-state index contributed by atoms with van der Waals surface area (Å²) >= 11 is 0. The first kappa shape index (κ1) is 10.9. The Morgan fingerprint density at radius 1 is 1.25 bits per heavy atom. The zero-order valence-corrected chi connectivity index (χ0v) is 9.91. The molecule has 0 amide bonds. The molecule has 0 fully saturated rings. The van der Waals surface area contributed by atoms with Crippen molar-refractivity contribution in [3.8, 4) is 0 Å². The van der Waals surface area contributed by atoms with Crippen LogP contribution in [0.1, 0.15) is 37.8 Å². The summed E-state index contributed by atoms with van der Waals surface area (Å²) in [4.78, 5) is 11.4. The second-order valence-electron chi connectivity index (χ2n) is 4.36. The highest BCUT2D eigenvalue weighted by atomic mass is 16.4. The average Bonchev–Trinajstić information content (AvgIpc) is 2.26. The zero-order chi connectivity index (χ0) is 11.7. The summed E-state index contributed by atoms with van der Waals surface area (Å²) in [7, 11) is 0. The maximum atomic E-state index is 11.4. The third-order valence-electron chi connectivity index (χ3n) is 2.87. The zero-order valence-electron chi connectivity index (χ0n) is 9.91. The molecule has 0 spiro atoms. The van der Waals surface area contributed by atoms with E-state index in [0.29, 0.717) is 11.5 Å². The molecule has 0 unspecified atom stereocenters. The van der Waals surface area contributed by atoms with E-state index >= 15 is 0 Å². The van der Waals surface area contributed by atoms with E-state index in [1.54, 1.807) is 6.07 Å². The van der Waals surface area contributed by atoms with Gasteiger partial charge in [-0.2, -0.15) is 0 Å². The first-order valence-corrected chi connectivity index (χ1v) is 5.68. The summed E-state index contributed by atoms with van der Waals surface area (Å²) in [5.74, 6) is 0.332. The number of fused-ring (bicyclic) bond motifs is 1. The minimum absolute atomic E-state index is 0.260. The first-order valence-electron chi connectivity index (χ1n) is 5.68. The summed E-state index contributed by atoms with van der Waals surface area (Å²) in [6.07, 6.45) is 0.950. The average molecular weight is 216 g/mol. The van der Waals surface area contributed by atoms with Crippen LogP contribution >= 0.6 is 0 Å². The van der Waals surface area contributed by atoms with E-state index in [2.05, 4.69) is 26.8 Å². The van der Waals surface area contributed by atoms with Crippen LogP contribution in [0.2, 0.25) is 0 Å². The molecule has 0 bridgehead atoms. The lowest BCUT2D eigenvalue weighted by molar-refractivity contribution is 0.557. The SMILES string of the molecule is CCc1ccc2c(C(C)C)cc(=O)oc2c1. The van der Waals surface area contributed by atoms with Crippen LogP contribution in [0.4, 0.5) is 0 Å². The topological polar surface area (TPSA) is 30.2 Å². The maximum Gasteiger partial charge on any atom is 0.336 e. The molecule has 0 aliphatic carbocycles. The van der Waals surface area contributed by atoms with Crippen molar-refractivity contribution in [3.05, 3.63) is 45.8 Å². The van der Waals surface area contributed by atoms with Gasteiger partial charge >= 0.3 is 5.63 Å². The summed E-state index contributed by atoms with van der Waals surface area (Å²) < 4.78 is 5.24. The molecule has 84 valence electrons. The largest absolute Gasteiger partial charge is 0.423 e. The van der Waals surface area contributed by atoms with E-state index < -0.39 is 0 Å². The standard InChI is InChI=1S/C14H16O2/c1-4-10-5-6-11-12(9(2)3)8-14(15)16-13(11)7-10/h5-9H,4H2,1-3H3. The van der Waals surface area contributed by atoms with E-state index in [4.69, 9.17) is 4.42 Å². The molecule has 0 saturated carbocycles. The molecule has 0 aliphatic heterocycles. The molecule has 16 heavy (non-hydrogen) atoms. The third-order valence-corrected chi connectivity index (χ3v) is 2.87. The van der Waals surface area contributed by atoms with Crippen LogP contribution in [0.3, 0.4) is 0 Å². The van der Waals surface area contributed by atoms with Crippen molar-refractivity contribution >= 4 is 11.0 Å². The normalized spacial score (nSPS) is 11.2. The van der Waals surface area contributed by atoms with Crippen molar-refractivity contribution in [2.45, 2.75) is 33.1 Å². The van der Waals surface area contributed by atoms with Gasteiger partial charge in [0.2, 0.25) is 0 Å². The molecular weight excluding hydrogens is 200 g/mol. The number of aryl methyl sites for hydroxylation is 1. The van der Waals surface area contributed by atoms with Crippen molar-refractivity contribution in [1.29, 1.82) is 0 Å². The van der Waals surface area contributed by atoms with Gasteiger partial charge in [-0.3, -0.25) is 0 Å². The minimum Gasteiger partial charge on any atom is -0.423 e. The molecule has 1 heterocycles. The Morgan fingerprint density at radius 2 is 2.00 bits per heavy atom. The Kier molecular flexibility index (Phi) is 2.82. The van der Waals surface area contributed by atoms with Crippen molar-refractivity contribution in [3.63, 3.8) is 0 Å². The Morgan fingerprint density at radius 3 is 2.62 bits per heavy atom. The van der Waals surface area contributed by atoms with Crippen molar-refractivity contribution in [2.24, 2.45) is 0 Å². The van der Waals surface area contributed by atoms with Gasteiger partial charge in [-0.15, -0.1) is 0 Å². The fraction of sp³-hybridized carbons (Fsp3) is 0.357. The Hall–Kier alpha value is -1.57. The van der Waals surface area contributed by atoms with E-state index in [1.165, 1.54) is 5.56 Å². The summed E-state index contributed by atoms with van der Waals surface area (Å²) in [5, 5.41) is 1.05. The van der Waals surface area contributed by atoms with Gasteiger partial charge in [-0.25, -0.2) is 4.79 Å². The lowest BCUT2D eigenvalue weighted by atomic mass is 9.98. The molecule has 0 N–H and O–H groups in total. The van der Waals surface area contributed by atoms with Crippen LogP contribution < -0.4 is 5.63 Å². The lowest BCUT2D eigenvalue weighted by Crippen LogP contribution is -2.02. The second kappa shape index (κ2) is 4.12. The molecule has 0 saturated heterocycles. The smallest absolute Gasteiger partial charge is 0.336 e. The Bertz CT molecular complexity index is 564. The number of rotatable bonds is 2. The summed E-state index contributed by atoms with van der Waals surface area (Å²) in [5.41, 5.74) is 2.70. The van der Waals surface area contributed by atoms with Crippen LogP contribution in [0.25, 0.3) is 11.0 Å². The van der Waals surface area contributed by atoms with Crippen LogP contribution in [-0.2, 0) is 6.42 Å². The van der Waals surface area contributed by atoms with Crippen LogP contribution in [0, 0.1) is 0 Å². The van der Waals surface area contributed by atoms with E-state index in [1.807, 2.05) is 12.1 Å². The number of hydrogen-bond donors (Lipinski definition) is 0. The fourth-order valence-corrected chi connectivity index (χ4v) is 1.93.